The van der Waals surface area contributed by atoms with Crippen LogP contribution in [0.1, 0.15) is 57.8 Å². The van der Waals surface area contributed by atoms with Crippen LogP contribution < -0.4 is 5.32 Å². The number of rotatable bonds is 7. The van der Waals surface area contributed by atoms with E-state index in [1.165, 1.54) is 19.9 Å². The van der Waals surface area contributed by atoms with Crippen LogP contribution in [0.25, 0.3) is 10.8 Å². The summed E-state index contributed by atoms with van der Waals surface area (Å²) in [7, 11) is 0. The average molecular weight is 713 g/mol. The minimum absolute atomic E-state index is 0.167. The van der Waals surface area contributed by atoms with E-state index in [0.29, 0.717) is 10.8 Å². The van der Waals surface area contributed by atoms with Crippen molar-refractivity contribution in [2.75, 3.05) is 0 Å². The second kappa shape index (κ2) is 13.3. The number of ether oxygens (including phenoxy) is 4. The van der Waals surface area contributed by atoms with Gasteiger partial charge in [0.15, 0.2) is 29.9 Å². The molecule has 51 heavy (non-hydrogen) atoms. The molecule has 3 aliphatic rings. The highest BCUT2D eigenvalue weighted by Crippen LogP contribution is 2.43. The first-order chi connectivity index (χ1) is 24.0. The predicted octanol–water partition coefficient (Wildman–Crippen LogP) is 4.26. The van der Waals surface area contributed by atoms with Gasteiger partial charge in [-0.3, -0.25) is 29.3 Å². The van der Waals surface area contributed by atoms with Gasteiger partial charge in [0.25, 0.3) is 5.69 Å². The van der Waals surface area contributed by atoms with E-state index in [1.807, 2.05) is 0 Å². The number of phenolic OH excluding ortho intramolecular Hbond substituents is 1. The number of benzene rings is 3. The summed E-state index contributed by atoms with van der Waals surface area (Å²) in [5.74, 6) is -5.96. The van der Waals surface area contributed by atoms with Crippen molar-refractivity contribution in [1.82, 2.24) is 5.32 Å². The zero-order valence-electron chi connectivity index (χ0n) is 26.6. The monoisotopic (exact) mass is 712 g/mol. The molecule has 6 rings (SSSR count). The molecule has 3 aromatic rings. The fourth-order valence-corrected chi connectivity index (χ4v) is 6.28. The Bertz CT molecular complexity index is 2030. The molecule has 266 valence electrons. The van der Waals surface area contributed by atoms with Crippen LogP contribution in [-0.4, -0.2) is 82.4 Å². The number of nitrogens with zero attached hydrogens (tertiary/aromatic N) is 1. The Morgan fingerprint density at radius 3 is 2.37 bits per heavy atom. The first kappa shape index (κ1) is 35.3. The maximum atomic E-state index is 14.0. The summed E-state index contributed by atoms with van der Waals surface area (Å²) in [6.45, 7) is 2.48. The van der Waals surface area contributed by atoms with Gasteiger partial charge in [0.05, 0.1) is 33.8 Å². The van der Waals surface area contributed by atoms with Gasteiger partial charge in [-0.2, -0.15) is 13.2 Å². The number of phenols is 1. The normalized spacial score (nSPS) is 24.8. The lowest BCUT2D eigenvalue weighted by atomic mass is 9.78. The Morgan fingerprint density at radius 1 is 1.04 bits per heavy atom. The van der Waals surface area contributed by atoms with E-state index in [-0.39, 0.29) is 39.9 Å². The molecule has 1 fully saturated rings. The van der Waals surface area contributed by atoms with Crippen LogP contribution in [0.15, 0.2) is 65.7 Å². The minimum atomic E-state index is -5.34. The number of nitro groups is 1. The van der Waals surface area contributed by atoms with Gasteiger partial charge >= 0.3 is 18.1 Å². The van der Waals surface area contributed by atoms with Crippen molar-refractivity contribution < 1.29 is 66.1 Å². The van der Waals surface area contributed by atoms with Crippen LogP contribution in [-0.2, 0) is 28.5 Å². The number of alkyl halides is 3. The highest BCUT2D eigenvalue weighted by molar-refractivity contribution is 6.30. The molecule has 0 aromatic heterocycles. The van der Waals surface area contributed by atoms with E-state index in [9.17, 15) is 52.4 Å². The Morgan fingerprint density at radius 2 is 1.73 bits per heavy atom. The molecule has 1 aliphatic carbocycles. The summed E-state index contributed by atoms with van der Waals surface area (Å²) in [6, 6.07) is 10.5. The van der Waals surface area contributed by atoms with Gasteiger partial charge in [-0.1, -0.05) is 24.3 Å². The molecule has 14 nitrogen and oxygen atoms in total. The van der Waals surface area contributed by atoms with Crippen molar-refractivity contribution >= 4 is 45.7 Å². The fourth-order valence-electron chi connectivity index (χ4n) is 6.28. The topological polar surface area (TPSA) is 198 Å². The smallest absolute Gasteiger partial charge is 0.471 e. The van der Waals surface area contributed by atoms with E-state index >= 15 is 0 Å². The number of hydrogen-bond acceptors (Lipinski definition) is 12. The number of fused-ring (bicyclic) bond motifs is 2. The number of aromatic hydroxyl groups is 1. The SMILES string of the molecule is CC(=O)[C@H]1CC2=C(C(=O)c3cc4ccccc4c(O)c3C2=O)[C@H](O[C@H]2C[C@H](NC(=O)C(F)(F)F)[C@H](OC(=O)c3ccc([N+](=O)[O-])cc3)[C@H](C)O2)O1. The first-order valence-electron chi connectivity index (χ1n) is 15.4. The first-order valence-corrected chi connectivity index (χ1v) is 15.4. The predicted molar refractivity (Wildman–Crippen MR) is 166 cm³/mol. The third-order valence-corrected chi connectivity index (χ3v) is 8.78. The summed E-state index contributed by atoms with van der Waals surface area (Å²) in [4.78, 5) is 75.6. The number of amides is 1. The zero-order chi connectivity index (χ0) is 36.9. The Hall–Kier alpha value is -5.52. The van der Waals surface area contributed by atoms with Gasteiger partial charge in [0.1, 0.15) is 18.0 Å². The number of nitrogens with one attached hydrogen (secondary N) is 1. The molecule has 17 heteroatoms. The highest BCUT2D eigenvalue weighted by atomic mass is 19.4. The number of nitro benzene ring substituents is 1. The lowest BCUT2D eigenvalue weighted by molar-refractivity contribution is -0.384. The number of esters is 1. The molecular formula is C34H27F3N2O12. The molecule has 2 aliphatic heterocycles. The van der Waals surface area contributed by atoms with Crippen molar-refractivity contribution in [3.05, 3.63) is 92.5 Å². The fraction of sp³-hybridized carbons (Fsp3) is 0.324. The molecule has 3 aromatic carbocycles. The van der Waals surface area contributed by atoms with Crippen LogP contribution in [0.5, 0.6) is 5.75 Å². The van der Waals surface area contributed by atoms with E-state index in [0.717, 1.165) is 24.3 Å². The molecule has 0 saturated carbocycles. The molecule has 0 spiro atoms. The maximum Gasteiger partial charge on any atom is 0.471 e. The van der Waals surface area contributed by atoms with Crippen LogP contribution >= 0.6 is 0 Å². The number of Topliss-reactive ketones (excluding diaryl/α,β-unsaturated/α-hetero) is 3. The number of ketones is 3. The van der Waals surface area contributed by atoms with Crippen LogP contribution in [0, 0.1) is 10.1 Å². The van der Waals surface area contributed by atoms with E-state index in [2.05, 4.69) is 0 Å². The molecule has 0 radical (unpaired) electrons. The van der Waals surface area contributed by atoms with Crippen molar-refractivity contribution in [2.24, 2.45) is 0 Å². The largest absolute Gasteiger partial charge is 0.507 e. The summed E-state index contributed by atoms with van der Waals surface area (Å²) < 4.78 is 63.1. The maximum absolute atomic E-state index is 14.0. The van der Waals surface area contributed by atoms with Gasteiger partial charge in [0.2, 0.25) is 0 Å². The molecule has 2 N–H and O–H groups in total. The second-order valence-corrected chi connectivity index (χ2v) is 12.1. The van der Waals surface area contributed by atoms with Crippen LogP contribution in [0.2, 0.25) is 0 Å². The quantitative estimate of drug-likeness (QED) is 0.201. The molecule has 0 bridgehead atoms. The molecular weight excluding hydrogens is 685 g/mol. The Labute approximate surface area is 285 Å². The van der Waals surface area contributed by atoms with E-state index < -0.39 is 89.4 Å². The lowest BCUT2D eigenvalue weighted by Crippen LogP contribution is -2.59. The molecule has 2 heterocycles. The standard InChI is InChI=1S/C34H27F3N2O12/c1-14(40)23-12-21-26(29(43)20-11-17-5-3-4-6-19(17)27(41)25(20)28(21)42)32(49-23)50-24-13-22(38-33(45)34(35,36)37)30(15(2)48-24)51-31(44)16-7-9-18(10-8-16)39(46)47/h3-11,15,22-24,30,32,41H,12-13H2,1-2H3,(H,38,45)/t15-,22-,23+,24-,30+,32-/m0/s1. The average Bonchev–Trinajstić information content (AvgIpc) is 3.07. The summed E-state index contributed by atoms with van der Waals surface area (Å²) in [5, 5.41) is 24.5. The van der Waals surface area contributed by atoms with Gasteiger partial charge in [-0.15, -0.1) is 0 Å². The van der Waals surface area contributed by atoms with Gasteiger partial charge in [-0.25, -0.2) is 4.79 Å². The number of halogens is 3. The van der Waals surface area contributed by atoms with Gasteiger partial charge in [0, 0.05) is 41.5 Å². The van der Waals surface area contributed by atoms with Gasteiger partial charge in [-0.05, 0) is 37.4 Å². The van der Waals surface area contributed by atoms with Crippen molar-refractivity contribution in [2.45, 2.75) is 69.8 Å². The van der Waals surface area contributed by atoms with E-state index in [1.54, 1.807) is 29.6 Å². The number of carbonyl (C=O) groups is 5. The van der Waals surface area contributed by atoms with E-state index in [4.69, 9.17) is 18.9 Å². The Kier molecular flexibility index (Phi) is 9.22. The van der Waals surface area contributed by atoms with Crippen molar-refractivity contribution in [1.29, 1.82) is 0 Å². The molecule has 0 unspecified atom stereocenters. The van der Waals surface area contributed by atoms with Crippen molar-refractivity contribution in [3.63, 3.8) is 0 Å². The van der Waals surface area contributed by atoms with Crippen LogP contribution in [0.3, 0.4) is 0 Å². The lowest BCUT2D eigenvalue weighted by Gasteiger charge is -2.42. The minimum Gasteiger partial charge on any atom is -0.507 e. The summed E-state index contributed by atoms with van der Waals surface area (Å²) >= 11 is 0. The zero-order valence-corrected chi connectivity index (χ0v) is 26.6. The Balaban J connectivity index is 1.30. The third kappa shape index (κ3) is 6.70. The second-order valence-electron chi connectivity index (χ2n) is 12.1. The number of non-ortho nitro benzene ring substituents is 1. The van der Waals surface area contributed by atoms with Crippen molar-refractivity contribution in [3.8, 4) is 5.75 Å². The van der Waals surface area contributed by atoms with Crippen LogP contribution in [0.4, 0.5) is 18.9 Å². The molecule has 6 atom stereocenters. The molecule has 1 saturated heterocycles. The van der Waals surface area contributed by atoms with Gasteiger partial charge < -0.3 is 29.4 Å². The highest BCUT2D eigenvalue weighted by Gasteiger charge is 2.49. The molecule has 1 amide bonds. The number of hydrogen-bond donors (Lipinski definition) is 2. The third-order valence-electron chi connectivity index (χ3n) is 8.78. The number of carbonyl (C=O) groups excluding carboxylic acids is 5. The summed E-state index contributed by atoms with van der Waals surface area (Å²) in [5.41, 5.74) is -1.43. The summed E-state index contributed by atoms with van der Waals surface area (Å²) in [6.07, 6.45) is -13.8.